The van der Waals surface area contributed by atoms with E-state index >= 15 is 0 Å². The fourth-order valence-corrected chi connectivity index (χ4v) is 5.53. The van der Waals surface area contributed by atoms with Crippen LogP contribution in [-0.4, -0.2) is 73.4 Å². The average molecular weight is 414 g/mol. The molecular formula is C24H35N3O3. The second kappa shape index (κ2) is 8.85. The highest BCUT2D eigenvalue weighted by Gasteiger charge is 2.49. The van der Waals surface area contributed by atoms with Crippen molar-refractivity contribution in [1.29, 1.82) is 0 Å². The lowest BCUT2D eigenvalue weighted by Gasteiger charge is -2.55. The van der Waals surface area contributed by atoms with Gasteiger partial charge in [0.2, 0.25) is 0 Å². The molecule has 6 nitrogen and oxygen atoms in total. The number of carbonyl (C=O) groups is 1. The number of likely N-dealkylation sites (tertiary alicyclic amines) is 2. The number of rotatable bonds is 5. The van der Waals surface area contributed by atoms with Crippen molar-refractivity contribution in [2.24, 2.45) is 5.41 Å². The van der Waals surface area contributed by atoms with Crippen LogP contribution in [0.25, 0.3) is 0 Å². The maximum Gasteiger partial charge on any atom is 0.410 e. The number of nitrogens with one attached hydrogen (secondary N) is 1. The van der Waals surface area contributed by atoms with Gasteiger partial charge in [-0.2, -0.15) is 0 Å². The Labute approximate surface area is 179 Å². The summed E-state index contributed by atoms with van der Waals surface area (Å²) in [5.74, 6) is 0. The molecule has 1 aliphatic carbocycles. The minimum Gasteiger partial charge on any atom is -0.445 e. The third-order valence-corrected chi connectivity index (χ3v) is 7.63. The van der Waals surface area contributed by atoms with Crippen molar-refractivity contribution >= 4 is 6.09 Å². The van der Waals surface area contributed by atoms with E-state index in [1.54, 1.807) is 0 Å². The molecule has 1 aromatic carbocycles. The van der Waals surface area contributed by atoms with Crippen LogP contribution in [0, 0.1) is 5.41 Å². The Kier molecular flexibility index (Phi) is 5.98. The van der Waals surface area contributed by atoms with Crippen LogP contribution in [0.2, 0.25) is 0 Å². The van der Waals surface area contributed by atoms with E-state index in [0.717, 1.165) is 57.7 Å². The van der Waals surface area contributed by atoms with Gasteiger partial charge in [0.05, 0.1) is 12.2 Å². The molecule has 3 saturated heterocycles. The van der Waals surface area contributed by atoms with Crippen LogP contribution < -0.4 is 5.32 Å². The van der Waals surface area contributed by atoms with E-state index in [4.69, 9.17) is 9.47 Å². The molecule has 3 aliphatic heterocycles. The molecule has 0 bridgehead atoms. The lowest BCUT2D eigenvalue weighted by molar-refractivity contribution is -0.111. The average Bonchev–Trinajstić information content (AvgIpc) is 2.74. The predicted molar refractivity (Wildman–Crippen MR) is 115 cm³/mol. The molecule has 6 heteroatoms. The highest BCUT2D eigenvalue weighted by Crippen LogP contribution is 2.43. The van der Waals surface area contributed by atoms with Crippen molar-refractivity contribution in [2.45, 2.75) is 63.4 Å². The standard InChI is InChI=1S/C24H35N3O3/c28-23(29-16-19-4-2-1-3-5-19)27-17-24(18-27)8-12-26(13-9-24)20-14-22(15-20)30-21-6-10-25-11-7-21/h1-5,20-22,25H,6-18H2. The van der Waals surface area contributed by atoms with Crippen LogP contribution >= 0.6 is 0 Å². The van der Waals surface area contributed by atoms with Crippen molar-refractivity contribution in [3.8, 4) is 0 Å². The Hall–Kier alpha value is -1.63. The molecule has 1 N–H and O–H groups in total. The number of piperidine rings is 2. The zero-order valence-electron chi connectivity index (χ0n) is 17.9. The molecule has 0 unspecified atom stereocenters. The predicted octanol–water partition coefficient (Wildman–Crippen LogP) is 3.02. The molecule has 1 spiro atoms. The highest BCUT2D eigenvalue weighted by atomic mass is 16.6. The Morgan fingerprint density at radius 1 is 1.03 bits per heavy atom. The summed E-state index contributed by atoms with van der Waals surface area (Å²) in [7, 11) is 0. The van der Waals surface area contributed by atoms with E-state index in [0.29, 0.717) is 30.3 Å². The number of carbonyl (C=O) groups excluding carboxylic acids is 1. The number of ether oxygens (including phenoxy) is 2. The van der Waals surface area contributed by atoms with E-state index < -0.39 is 0 Å². The third-order valence-electron chi connectivity index (χ3n) is 7.63. The maximum atomic E-state index is 12.3. The monoisotopic (exact) mass is 413 g/mol. The number of benzene rings is 1. The molecule has 0 atom stereocenters. The number of hydrogen-bond acceptors (Lipinski definition) is 5. The zero-order chi connectivity index (χ0) is 20.4. The summed E-state index contributed by atoms with van der Waals surface area (Å²) in [6, 6.07) is 10.6. The smallest absolute Gasteiger partial charge is 0.410 e. The SMILES string of the molecule is O=C(OCc1ccccc1)N1CC2(CCN(C3CC(OC4CCNCC4)C3)CC2)C1. The van der Waals surface area contributed by atoms with Gasteiger partial charge in [-0.05, 0) is 70.3 Å². The molecule has 30 heavy (non-hydrogen) atoms. The summed E-state index contributed by atoms with van der Waals surface area (Å²) >= 11 is 0. The molecule has 164 valence electrons. The minimum absolute atomic E-state index is 0.163. The number of hydrogen-bond donors (Lipinski definition) is 1. The van der Waals surface area contributed by atoms with Crippen LogP contribution in [-0.2, 0) is 16.1 Å². The van der Waals surface area contributed by atoms with Crippen molar-refractivity contribution < 1.29 is 14.3 Å². The summed E-state index contributed by atoms with van der Waals surface area (Å²) in [5, 5.41) is 3.41. The molecule has 0 aromatic heterocycles. The molecule has 1 aromatic rings. The third kappa shape index (κ3) is 4.51. The van der Waals surface area contributed by atoms with E-state index in [1.165, 1.54) is 25.7 Å². The first kappa shape index (κ1) is 20.3. The van der Waals surface area contributed by atoms with Crippen LogP contribution in [0.5, 0.6) is 0 Å². The van der Waals surface area contributed by atoms with E-state index in [-0.39, 0.29) is 6.09 Å². The summed E-state index contributed by atoms with van der Waals surface area (Å²) in [5.41, 5.74) is 1.37. The second-order valence-corrected chi connectivity index (χ2v) is 9.76. The second-order valence-electron chi connectivity index (χ2n) is 9.76. The molecule has 0 radical (unpaired) electrons. The number of amides is 1. The van der Waals surface area contributed by atoms with Crippen LogP contribution in [0.3, 0.4) is 0 Å². The molecule has 4 fully saturated rings. The first-order valence-electron chi connectivity index (χ1n) is 11.8. The Morgan fingerprint density at radius 3 is 2.43 bits per heavy atom. The van der Waals surface area contributed by atoms with Gasteiger partial charge in [0.15, 0.2) is 0 Å². The zero-order valence-corrected chi connectivity index (χ0v) is 17.9. The molecule has 5 rings (SSSR count). The molecule has 1 amide bonds. The summed E-state index contributed by atoms with van der Waals surface area (Å²) < 4.78 is 11.8. The van der Waals surface area contributed by atoms with Crippen LogP contribution in [0.4, 0.5) is 4.79 Å². The van der Waals surface area contributed by atoms with Crippen molar-refractivity contribution in [1.82, 2.24) is 15.1 Å². The van der Waals surface area contributed by atoms with E-state index in [2.05, 4.69) is 10.2 Å². The van der Waals surface area contributed by atoms with E-state index in [1.807, 2.05) is 35.2 Å². The van der Waals surface area contributed by atoms with Crippen molar-refractivity contribution in [3.63, 3.8) is 0 Å². The van der Waals surface area contributed by atoms with Gasteiger partial charge in [0.1, 0.15) is 6.61 Å². The lowest BCUT2D eigenvalue weighted by Crippen LogP contribution is -2.63. The fraction of sp³-hybridized carbons (Fsp3) is 0.708. The normalized spacial score (nSPS) is 29.3. The number of nitrogens with zero attached hydrogens (tertiary/aromatic N) is 2. The van der Waals surface area contributed by atoms with Gasteiger partial charge in [-0.15, -0.1) is 0 Å². The van der Waals surface area contributed by atoms with Gasteiger partial charge in [0.25, 0.3) is 0 Å². The van der Waals surface area contributed by atoms with Gasteiger partial charge >= 0.3 is 6.09 Å². The van der Waals surface area contributed by atoms with E-state index in [9.17, 15) is 4.79 Å². The summed E-state index contributed by atoms with van der Waals surface area (Å²) in [4.78, 5) is 16.9. The van der Waals surface area contributed by atoms with Gasteiger partial charge in [0, 0.05) is 24.5 Å². The minimum atomic E-state index is -0.163. The molecule has 4 aliphatic rings. The summed E-state index contributed by atoms with van der Waals surface area (Å²) in [6.45, 7) is 6.62. The highest BCUT2D eigenvalue weighted by molar-refractivity contribution is 5.69. The van der Waals surface area contributed by atoms with Crippen molar-refractivity contribution in [3.05, 3.63) is 35.9 Å². The Bertz CT molecular complexity index is 700. The summed E-state index contributed by atoms with van der Waals surface area (Å²) in [6.07, 6.45) is 7.93. The van der Waals surface area contributed by atoms with Crippen LogP contribution in [0.15, 0.2) is 30.3 Å². The molecular weight excluding hydrogens is 378 g/mol. The fourth-order valence-electron chi connectivity index (χ4n) is 5.53. The van der Waals surface area contributed by atoms with Gasteiger partial charge in [-0.1, -0.05) is 30.3 Å². The first-order chi connectivity index (χ1) is 14.7. The van der Waals surface area contributed by atoms with Gasteiger partial charge in [-0.25, -0.2) is 4.79 Å². The Balaban J connectivity index is 0.989. The molecule has 3 heterocycles. The van der Waals surface area contributed by atoms with Crippen molar-refractivity contribution in [2.75, 3.05) is 39.3 Å². The molecule has 1 saturated carbocycles. The van der Waals surface area contributed by atoms with Crippen LogP contribution in [0.1, 0.15) is 44.1 Å². The van der Waals surface area contributed by atoms with Gasteiger partial charge in [-0.3, -0.25) is 0 Å². The quantitative estimate of drug-likeness (QED) is 0.804. The topological polar surface area (TPSA) is 54.0 Å². The first-order valence-corrected chi connectivity index (χ1v) is 11.8. The van der Waals surface area contributed by atoms with Gasteiger partial charge < -0.3 is 24.6 Å². The Morgan fingerprint density at radius 2 is 1.73 bits per heavy atom. The maximum absolute atomic E-state index is 12.3. The lowest BCUT2D eigenvalue weighted by atomic mass is 9.71. The largest absolute Gasteiger partial charge is 0.445 e.